The molecule has 5 heteroatoms. The maximum Gasteiger partial charge on any atom is 0.252 e. The normalized spacial score (nSPS) is 10.9. The van der Waals surface area contributed by atoms with Gasteiger partial charge in [0, 0.05) is 31.4 Å². The van der Waals surface area contributed by atoms with Crippen LogP contribution in [0.3, 0.4) is 0 Å². The van der Waals surface area contributed by atoms with Gasteiger partial charge in [0.15, 0.2) is 6.29 Å². The Morgan fingerprint density at radius 2 is 2.05 bits per heavy atom. The van der Waals surface area contributed by atoms with E-state index in [9.17, 15) is 4.79 Å². The Morgan fingerprint density at radius 3 is 2.79 bits per heavy atom. The van der Waals surface area contributed by atoms with Gasteiger partial charge < -0.3 is 14.8 Å². The molecule has 0 saturated carbocycles. The summed E-state index contributed by atoms with van der Waals surface area (Å²) in [4.78, 5) is 16.4. The van der Waals surface area contributed by atoms with E-state index in [1.54, 1.807) is 12.3 Å². The Balaban J connectivity index is 2.17. The third-order valence-corrected chi connectivity index (χ3v) is 2.85. The van der Waals surface area contributed by atoms with E-state index in [2.05, 4.69) is 10.3 Å². The van der Waals surface area contributed by atoms with E-state index in [1.807, 2.05) is 24.3 Å². The fourth-order valence-corrected chi connectivity index (χ4v) is 1.84. The van der Waals surface area contributed by atoms with Gasteiger partial charge in [-0.1, -0.05) is 12.1 Å². The molecule has 1 aromatic carbocycles. The van der Waals surface area contributed by atoms with Crippen LogP contribution >= 0.6 is 0 Å². The van der Waals surface area contributed by atoms with Gasteiger partial charge in [-0.2, -0.15) is 0 Å². The van der Waals surface area contributed by atoms with Gasteiger partial charge in [-0.15, -0.1) is 0 Å². The summed E-state index contributed by atoms with van der Waals surface area (Å²) < 4.78 is 10.0. The molecule has 19 heavy (non-hydrogen) atoms. The standard InChI is InChI=1S/C14H16N2O3/c1-18-13(19-2)9-16-14(17)11-5-3-7-12-10(11)6-4-8-15-12/h3-8,13H,9H2,1-2H3,(H,16,17). The average Bonchev–Trinajstić information content (AvgIpc) is 2.47. The smallest absolute Gasteiger partial charge is 0.252 e. The molecule has 5 nitrogen and oxygen atoms in total. The van der Waals surface area contributed by atoms with Crippen LogP contribution in [0.15, 0.2) is 36.5 Å². The van der Waals surface area contributed by atoms with Crippen molar-refractivity contribution < 1.29 is 14.3 Å². The SMILES string of the molecule is COC(CNC(=O)c1cccc2ncccc12)OC. The zero-order valence-electron chi connectivity index (χ0n) is 10.9. The molecular formula is C14H16N2O3. The Hall–Kier alpha value is -1.98. The Morgan fingerprint density at radius 1 is 1.26 bits per heavy atom. The molecular weight excluding hydrogens is 244 g/mol. The van der Waals surface area contributed by atoms with Crippen LogP contribution in [-0.4, -0.2) is 37.9 Å². The molecule has 0 saturated heterocycles. The predicted molar refractivity (Wildman–Crippen MR) is 71.9 cm³/mol. The summed E-state index contributed by atoms with van der Waals surface area (Å²) in [6.07, 6.45) is 1.26. The van der Waals surface area contributed by atoms with Crippen molar-refractivity contribution in [2.75, 3.05) is 20.8 Å². The second kappa shape index (κ2) is 6.26. The minimum atomic E-state index is -0.447. The minimum absolute atomic E-state index is 0.169. The van der Waals surface area contributed by atoms with Crippen molar-refractivity contribution in [3.63, 3.8) is 0 Å². The number of aromatic nitrogens is 1. The highest BCUT2D eigenvalue weighted by atomic mass is 16.7. The summed E-state index contributed by atoms with van der Waals surface area (Å²) in [5.74, 6) is -0.169. The molecule has 1 amide bonds. The maximum absolute atomic E-state index is 12.1. The summed E-state index contributed by atoms with van der Waals surface area (Å²) in [5, 5.41) is 3.60. The summed E-state index contributed by atoms with van der Waals surface area (Å²) in [6.45, 7) is 0.294. The molecule has 0 bridgehead atoms. The molecule has 0 aliphatic carbocycles. The van der Waals surface area contributed by atoms with Gasteiger partial charge in [0.2, 0.25) is 0 Å². The third kappa shape index (κ3) is 3.07. The molecule has 2 rings (SSSR count). The second-order valence-corrected chi connectivity index (χ2v) is 3.99. The fourth-order valence-electron chi connectivity index (χ4n) is 1.84. The topological polar surface area (TPSA) is 60.5 Å². The van der Waals surface area contributed by atoms with Crippen LogP contribution < -0.4 is 5.32 Å². The number of hydrogen-bond donors (Lipinski definition) is 1. The van der Waals surface area contributed by atoms with Crippen LogP contribution in [0.5, 0.6) is 0 Å². The second-order valence-electron chi connectivity index (χ2n) is 3.99. The van der Waals surface area contributed by atoms with Gasteiger partial charge in [-0.25, -0.2) is 0 Å². The van der Waals surface area contributed by atoms with Gasteiger partial charge in [0.05, 0.1) is 12.1 Å². The van der Waals surface area contributed by atoms with E-state index in [0.29, 0.717) is 12.1 Å². The van der Waals surface area contributed by atoms with E-state index in [1.165, 1.54) is 14.2 Å². The van der Waals surface area contributed by atoms with Crippen molar-refractivity contribution in [2.24, 2.45) is 0 Å². The number of nitrogens with one attached hydrogen (secondary N) is 1. The quantitative estimate of drug-likeness (QED) is 0.829. The number of fused-ring (bicyclic) bond motifs is 1. The third-order valence-electron chi connectivity index (χ3n) is 2.85. The lowest BCUT2D eigenvalue weighted by Gasteiger charge is -2.14. The molecule has 2 aromatic rings. The van der Waals surface area contributed by atoms with Crippen LogP contribution in [0.1, 0.15) is 10.4 Å². The van der Waals surface area contributed by atoms with E-state index >= 15 is 0 Å². The maximum atomic E-state index is 12.1. The number of amides is 1. The zero-order chi connectivity index (χ0) is 13.7. The van der Waals surface area contributed by atoms with Gasteiger partial charge in [-0.3, -0.25) is 9.78 Å². The molecule has 1 heterocycles. The van der Waals surface area contributed by atoms with Crippen molar-refractivity contribution in [1.29, 1.82) is 0 Å². The number of ether oxygens (including phenoxy) is 2. The van der Waals surface area contributed by atoms with E-state index in [-0.39, 0.29) is 5.91 Å². The number of nitrogens with zero attached hydrogens (tertiary/aromatic N) is 1. The number of hydrogen-bond acceptors (Lipinski definition) is 4. The fraction of sp³-hybridized carbons (Fsp3) is 0.286. The lowest BCUT2D eigenvalue weighted by Crippen LogP contribution is -2.34. The summed E-state index contributed by atoms with van der Waals surface area (Å²) >= 11 is 0. The van der Waals surface area contributed by atoms with Crippen molar-refractivity contribution in [1.82, 2.24) is 10.3 Å². The number of methoxy groups -OCH3 is 2. The number of carbonyl (C=O) groups excluding carboxylic acids is 1. The van der Waals surface area contributed by atoms with Gasteiger partial charge in [-0.05, 0) is 18.2 Å². The summed E-state index contributed by atoms with van der Waals surface area (Å²) in [5.41, 5.74) is 1.39. The van der Waals surface area contributed by atoms with Crippen LogP contribution in [0.25, 0.3) is 10.9 Å². The molecule has 1 aromatic heterocycles. The molecule has 0 aliphatic rings. The first-order chi connectivity index (χ1) is 9.26. The monoisotopic (exact) mass is 260 g/mol. The highest BCUT2D eigenvalue weighted by Gasteiger charge is 2.12. The van der Waals surface area contributed by atoms with Gasteiger partial charge in [0.25, 0.3) is 5.91 Å². The Labute approximate surface area is 111 Å². The van der Waals surface area contributed by atoms with Crippen LogP contribution in [0.4, 0.5) is 0 Å². The number of pyridine rings is 1. The number of benzene rings is 1. The largest absolute Gasteiger partial charge is 0.354 e. The minimum Gasteiger partial charge on any atom is -0.354 e. The lowest BCUT2D eigenvalue weighted by molar-refractivity contribution is -0.0974. The first kappa shape index (κ1) is 13.5. The number of carbonyl (C=O) groups is 1. The van der Waals surface area contributed by atoms with E-state index < -0.39 is 6.29 Å². The first-order valence-electron chi connectivity index (χ1n) is 5.93. The molecule has 0 spiro atoms. The zero-order valence-corrected chi connectivity index (χ0v) is 10.9. The van der Waals surface area contributed by atoms with E-state index in [4.69, 9.17) is 9.47 Å². The molecule has 1 N–H and O–H groups in total. The van der Waals surface area contributed by atoms with Crippen LogP contribution in [-0.2, 0) is 9.47 Å². The average molecular weight is 260 g/mol. The molecule has 0 radical (unpaired) electrons. The van der Waals surface area contributed by atoms with Crippen LogP contribution in [0.2, 0.25) is 0 Å². The predicted octanol–water partition coefficient (Wildman–Crippen LogP) is 1.58. The highest BCUT2D eigenvalue weighted by molar-refractivity contribution is 6.06. The molecule has 0 atom stereocenters. The van der Waals surface area contributed by atoms with Crippen molar-refractivity contribution in [2.45, 2.75) is 6.29 Å². The number of rotatable bonds is 5. The van der Waals surface area contributed by atoms with Crippen LogP contribution in [0, 0.1) is 0 Å². The van der Waals surface area contributed by atoms with E-state index in [0.717, 1.165) is 10.9 Å². The summed E-state index contributed by atoms with van der Waals surface area (Å²) in [6, 6.07) is 9.15. The Bertz CT molecular complexity index is 562. The van der Waals surface area contributed by atoms with Crippen molar-refractivity contribution in [3.8, 4) is 0 Å². The Kier molecular flexibility index (Phi) is 4.43. The first-order valence-corrected chi connectivity index (χ1v) is 5.93. The lowest BCUT2D eigenvalue weighted by atomic mass is 10.1. The van der Waals surface area contributed by atoms with Gasteiger partial charge in [0.1, 0.15) is 0 Å². The van der Waals surface area contributed by atoms with Crippen molar-refractivity contribution >= 4 is 16.8 Å². The van der Waals surface area contributed by atoms with Gasteiger partial charge >= 0.3 is 0 Å². The summed E-state index contributed by atoms with van der Waals surface area (Å²) in [7, 11) is 3.06. The van der Waals surface area contributed by atoms with Crippen molar-refractivity contribution in [3.05, 3.63) is 42.1 Å². The molecule has 0 fully saturated rings. The highest BCUT2D eigenvalue weighted by Crippen LogP contribution is 2.16. The molecule has 0 unspecified atom stereocenters. The molecule has 100 valence electrons. The molecule has 0 aliphatic heterocycles.